The van der Waals surface area contributed by atoms with E-state index < -0.39 is 0 Å². The maximum Gasteiger partial charge on any atom is 0.141 e. The van der Waals surface area contributed by atoms with E-state index in [1.165, 1.54) is 0 Å². The van der Waals surface area contributed by atoms with E-state index in [1.807, 2.05) is 36.5 Å². The zero-order valence-electron chi connectivity index (χ0n) is 20.8. The molecular formula is C35H21N3O. The summed E-state index contributed by atoms with van der Waals surface area (Å²) in [5.41, 5.74) is 5.96. The first-order valence-electron chi connectivity index (χ1n) is 12.9. The van der Waals surface area contributed by atoms with Crippen molar-refractivity contribution < 1.29 is 5.11 Å². The number of fused-ring (bicyclic) bond motifs is 8. The van der Waals surface area contributed by atoms with Crippen LogP contribution in [0.15, 0.2) is 121 Å². The molecule has 0 unspecified atom stereocenters. The summed E-state index contributed by atoms with van der Waals surface area (Å²) in [4.78, 5) is 14.9. The third kappa shape index (κ3) is 3.28. The first-order valence-corrected chi connectivity index (χ1v) is 12.9. The standard InChI is InChI=1S/C35H21N3O/c39-30-13-5-12-27-31-24-9-2-1-7-21(24)16-18-28(31)34(38-35(27)30)26-11-4-3-10-25(26)29-19-17-23-15-14-22-8-6-20-36-32(22)33(23)37-29/h1-20,39H. The molecule has 39 heavy (non-hydrogen) atoms. The van der Waals surface area contributed by atoms with Crippen LogP contribution in [0.2, 0.25) is 0 Å². The summed E-state index contributed by atoms with van der Waals surface area (Å²) >= 11 is 0. The van der Waals surface area contributed by atoms with Gasteiger partial charge in [-0.05, 0) is 29.0 Å². The molecule has 0 saturated carbocycles. The van der Waals surface area contributed by atoms with Crippen LogP contribution in [-0.4, -0.2) is 20.1 Å². The molecule has 1 N–H and O–H groups in total. The highest BCUT2D eigenvalue weighted by Gasteiger charge is 2.18. The van der Waals surface area contributed by atoms with Gasteiger partial charge >= 0.3 is 0 Å². The number of phenols is 1. The summed E-state index contributed by atoms with van der Waals surface area (Å²) in [5, 5.41) is 18.3. The molecule has 0 radical (unpaired) electrons. The minimum Gasteiger partial charge on any atom is -0.506 e. The van der Waals surface area contributed by atoms with Crippen LogP contribution in [0.1, 0.15) is 0 Å². The van der Waals surface area contributed by atoms with E-state index in [9.17, 15) is 5.11 Å². The fourth-order valence-electron chi connectivity index (χ4n) is 5.77. The molecule has 0 spiro atoms. The number of aromatic hydroxyl groups is 1. The van der Waals surface area contributed by atoms with Gasteiger partial charge in [0, 0.05) is 44.3 Å². The van der Waals surface area contributed by atoms with E-state index in [4.69, 9.17) is 9.97 Å². The second-order valence-corrected chi connectivity index (χ2v) is 9.80. The highest BCUT2D eigenvalue weighted by atomic mass is 16.3. The van der Waals surface area contributed by atoms with Crippen molar-refractivity contribution in [1.29, 1.82) is 0 Å². The van der Waals surface area contributed by atoms with Crippen molar-refractivity contribution in [3.63, 3.8) is 0 Å². The van der Waals surface area contributed by atoms with Crippen molar-refractivity contribution >= 4 is 54.3 Å². The normalized spacial score (nSPS) is 11.7. The number of hydrogen-bond donors (Lipinski definition) is 1. The molecule has 0 amide bonds. The summed E-state index contributed by atoms with van der Waals surface area (Å²) in [6, 6.07) is 38.9. The number of pyridine rings is 3. The topological polar surface area (TPSA) is 58.9 Å². The van der Waals surface area contributed by atoms with Gasteiger partial charge < -0.3 is 5.11 Å². The second kappa shape index (κ2) is 8.33. The van der Waals surface area contributed by atoms with Gasteiger partial charge in [-0.15, -0.1) is 0 Å². The highest BCUT2D eigenvalue weighted by molar-refractivity contribution is 6.23. The lowest BCUT2D eigenvalue weighted by Crippen LogP contribution is -1.95. The maximum absolute atomic E-state index is 10.9. The Kier molecular flexibility index (Phi) is 4.64. The van der Waals surface area contributed by atoms with Gasteiger partial charge in [0.2, 0.25) is 0 Å². The highest BCUT2D eigenvalue weighted by Crippen LogP contribution is 2.41. The zero-order valence-corrected chi connectivity index (χ0v) is 20.8. The number of benzene rings is 5. The first kappa shape index (κ1) is 21.7. The number of rotatable bonds is 2. The lowest BCUT2D eigenvalue weighted by molar-refractivity contribution is 0.480. The Balaban J connectivity index is 1.47. The Morgan fingerprint density at radius 2 is 1.18 bits per heavy atom. The van der Waals surface area contributed by atoms with Gasteiger partial charge in [-0.25, -0.2) is 9.97 Å². The molecule has 5 aromatic carbocycles. The predicted octanol–water partition coefficient (Wildman–Crippen LogP) is 8.68. The SMILES string of the molecule is Oc1cccc2c1nc(-c1ccccc1-c1ccc3ccc4cccnc4c3n1)c1ccc3ccccc3c12. The van der Waals surface area contributed by atoms with Gasteiger partial charge in [-0.1, -0.05) is 97.1 Å². The smallest absolute Gasteiger partial charge is 0.141 e. The van der Waals surface area contributed by atoms with Crippen LogP contribution < -0.4 is 0 Å². The Labute approximate surface area is 223 Å². The van der Waals surface area contributed by atoms with Gasteiger partial charge in [0.05, 0.1) is 22.4 Å². The number of aromatic nitrogens is 3. The minimum absolute atomic E-state index is 0.169. The first-order chi connectivity index (χ1) is 19.3. The Morgan fingerprint density at radius 1 is 0.462 bits per heavy atom. The van der Waals surface area contributed by atoms with Crippen molar-refractivity contribution in [2.24, 2.45) is 0 Å². The zero-order chi connectivity index (χ0) is 25.9. The van der Waals surface area contributed by atoms with Gasteiger partial charge in [-0.3, -0.25) is 4.98 Å². The molecule has 3 aromatic heterocycles. The molecule has 0 atom stereocenters. The average Bonchev–Trinajstić information content (AvgIpc) is 3.00. The number of nitrogens with zero attached hydrogens (tertiary/aromatic N) is 3. The van der Waals surface area contributed by atoms with E-state index in [0.29, 0.717) is 5.52 Å². The second-order valence-electron chi connectivity index (χ2n) is 9.80. The summed E-state index contributed by atoms with van der Waals surface area (Å²) < 4.78 is 0. The lowest BCUT2D eigenvalue weighted by atomic mass is 9.92. The monoisotopic (exact) mass is 499 g/mol. The molecule has 4 nitrogen and oxygen atoms in total. The molecule has 0 aliphatic carbocycles. The van der Waals surface area contributed by atoms with Gasteiger partial charge in [0.25, 0.3) is 0 Å². The van der Waals surface area contributed by atoms with Crippen LogP contribution in [0.3, 0.4) is 0 Å². The van der Waals surface area contributed by atoms with E-state index in [2.05, 4.69) is 83.8 Å². The molecule has 0 aliphatic rings. The van der Waals surface area contributed by atoms with E-state index >= 15 is 0 Å². The number of phenolic OH excluding ortho intramolecular Hbond substituents is 1. The summed E-state index contributed by atoms with van der Waals surface area (Å²) in [7, 11) is 0. The van der Waals surface area contributed by atoms with Crippen molar-refractivity contribution in [3.8, 4) is 28.3 Å². The van der Waals surface area contributed by atoms with Crippen molar-refractivity contribution in [2.75, 3.05) is 0 Å². The van der Waals surface area contributed by atoms with Crippen molar-refractivity contribution in [1.82, 2.24) is 15.0 Å². The minimum atomic E-state index is 0.169. The Morgan fingerprint density at radius 3 is 2.10 bits per heavy atom. The van der Waals surface area contributed by atoms with Crippen LogP contribution in [0.4, 0.5) is 0 Å². The van der Waals surface area contributed by atoms with Gasteiger partial charge in [0.1, 0.15) is 11.3 Å². The van der Waals surface area contributed by atoms with Crippen LogP contribution in [0.25, 0.3) is 76.8 Å². The fraction of sp³-hybridized carbons (Fsp3) is 0. The maximum atomic E-state index is 10.9. The van der Waals surface area contributed by atoms with E-state index in [0.717, 1.165) is 71.3 Å². The third-order valence-corrected chi connectivity index (χ3v) is 7.58. The molecule has 8 rings (SSSR count). The van der Waals surface area contributed by atoms with Gasteiger partial charge in [-0.2, -0.15) is 0 Å². The number of para-hydroxylation sites is 1. The molecule has 182 valence electrons. The largest absolute Gasteiger partial charge is 0.506 e. The van der Waals surface area contributed by atoms with Crippen LogP contribution >= 0.6 is 0 Å². The third-order valence-electron chi connectivity index (χ3n) is 7.58. The predicted molar refractivity (Wildman–Crippen MR) is 160 cm³/mol. The summed E-state index contributed by atoms with van der Waals surface area (Å²) in [5.74, 6) is 0.169. The molecule has 3 heterocycles. The molecular weight excluding hydrogens is 478 g/mol. The Bertz CT molecular complexity index is 2250. The van der Waals surface area contributed by atoms with Crippen LogP contribution in [0, 0.1) is 0 Å². The fourth-order valence-corrected chi connectivity index (χ4v) is 5.77. The average molecular weight is 500 g/mol. The summed E-state index contributed by atoms with van der Waals surface area (Å²) in [6.45, 7) is 0. The molecule has 4 heteroatoms. The summed E-state index contributed by atoms with van der Waals surface area (Å²) in [6.07, 6.45) is 1.81. The van der Waals surface area contributed by atoms with Crippen molar-refractivity contribution in [3.05, 3.63) is 121 Å². The van der Waals surface area contributed by atoms with Gasteiger partial charge in [0.15, 0.2) is 0 Å². The molecule has 0 bridgehead atoms. The van der Waals surface area contributed by atoms with E-state index in [1.54, 1.807) is 6.07 Å². The lowest BCUT2D eigenvalue weighted by Gasteiger charge is -2.16. The molecule has 8 aromatic rings. The quantitative estimate of drug-likeness (QED) is 0.242. The Hall–Kier alpha value is -5.35. The van der Waals surface area contributed by atoms with Crippen molar-refractivity contribution in [2.45, 2.75) is 0 Å². The number of hydrogen-bond acceptors (Lipinski definition) is 4. The van der Waals surface area contributed by atoms with Crippen LogP contribution in [-0.2, 0) is 0 Å². The molecule has 0 aliphatic heterocycles. The molecule has 0 fully saturated rings. The molecule has 0 saturated heterocycles. The van der Waals surface area contributed by atoms with E-state index in [-0.39, 0.29) is 5.75 Å². The van der Waals surface area contributed by atoms with Crippen LogP contribution in [0.5, 0.6) is 5.75 Å².